The molecule has 0 aliphatic rings. The molecule has 0 spiro atoms. The maximum absolute atomic E-state index is 11.7. The summed E-state index contributed by atoms with van der Waals surface area (Å²) in [7, 11) is 0. The molecule has 94 valence electrons. The van der Waals surface area contributed by atoms with Crippen molar-refractivity contribution in [3.8, 4) is 0 Å². The predicted octanol–water partition coefficient (Wildman–Crippen LogP) is 2.42. The zero-order valence-corrected chi connectivity index (χ0v) is 10.6. The van der Waals surface area contributed by atoms with Crippen molar-refractivity contribution in [3.05, 3.63) is 53.6 Å². The second-order valence-corrected chi connectivity index (χ2v) is 4.02. The fourth-order valence-corrected chi connectivity index (χ4v) is 1.84. The topological polar surface area (TPSA) is 44.1 Å². The number of aromatic nitrogens is 2. The minimum atomic E-state index is -0.264. The lowest BCUT2D eigenvalue weighted by Gasteiger charge is -2.07. The van der Waals surface area contributed by atoms with Crippen molar-refractivity contribution in [2.45, 2.75) is 20.4 Å². The smallest absolute Gasteiger partial charge is 0.339 e. The van der Waals surface area contributed by atoms with Gasteiger partial charge in [-0.1, -0.05) is 6.07 Å². The molecule has 0 aliphatic carbocycles. The maximum atomic E-state index is 11.7. The Hall–Kier alpha value is -2.10. The van der Waals surface area contributed by atoms with Gasteiger partial charge in [-0.25, -0.2) is 4.79 Å². The third-order valence-electron chi connectivity index (χ3n) is 2.81. The van der Waals surface area contributed by atoms with Crippen LogP contribution in [0.2, 0.25) is 0 Å². The molecule has 4 heteroatoms. The third-order valence-corrected chi connectivity index (χ3v) is 2.81. The first-order chi connectivity index (χ1) is 8.72. The highest BCUT2D eigenvalue weighted by Gasteiger charge is 2.13. The molecule has 0 fully saturated rings. The molecule has 0 bridgehead atoms. The van der Waals surface area contributed by atoms with Gasteiger partial charge in [-0.2, -0.15) is 0 Å². The van der Waals surface area contributed by atoms with Gasteiger partial charge in [0.25, 0.3) is 0 Å². The van der Waals surface area contributed by atoms with Gasteiger partial charge >= 0.3 is 5.97 Å². The van der Waals surface area contributed by atoms with E-state index < -0.39 is 0 Å². The van der Waals surface area contributed by atoms with E-state index in [1.165, 1.54) is 0 Å². The molecule has 0 aromatic carbocycles. The summed E-state index contributed by atoms with van der Waals surface area (Å²) >= 11 is 0. The van der Waals surface area contributed by atoms with E-state index >= 15 is 0 Å². The minimum absolute atomic E-state index is 0.264. The Labute approximate surface area is 106 Å². The second kappa shape index (κ2) is 5.49. The molecule has 0 unspecified atom stereocenters. The Morgan fingerprint density at radius 3 is 2.94 bits per heavy atom. The molecule has 4 nitrogen and oxygen atoms in total. The summed E-state index contributed by atoms with van der Waals surface area (Å²) in [5.74, 6) is -0.264. The number of ether oxygens (including phenoxy) is 1. The summed E-state index contributed by atoms with van der Waals surface area (Å²) in [6.07, 6.45) is 5.47. The minimum Gasteiger partial charge on any atom is -0.462 e. The summed E-state index contributed by atoms with van der Waals surface area (Å²) in [6, 6.07) is 5.71. The number of hydrogen-bond donors (Lipinski definition) is 0. The van der Waals surface area contributed by atoms with Crippen LogP contribution in [0.5, 0.6) is 0 Å². The lowest BCUT2D eigenvalue weighted by molar-refractivity contribution is 0.0525. The number of nitrogens with zero attached hydrogens (tertiary/aromatic N) is 2. The second-order valence-electron chi connectivity index (χ2n) is 4.02. The predicted molar refractivity (Wildman–Crippen MR) is 68.5 cm³/mol. The van der Waals surface area contributed by atoms with Crippen LogP contribution in [0.3, 0.4) is 0 Å². The summed E-state index contributed by atoms with van der Waals surface area (Å²) in [5.41, 5.74) is 2.64. The largest absolute Gasteiger partial charge is 0.462 e. The Morgan fingerprint density at radius 1 is 1.44 bits per heavy atom. The van der Waals surface area contributed by atoms with Gasteiger partial charge < -0.3 is 9.30 Å². The van der Waals surface area contributed by atoms with Gasteiger partial charge in [0.15, 0.2) is 0 Å². The zero-order valence-electron chi connectivity index (χ0n) is 10.6. The number of rotatable bonds is 4. The monoisotopic (exact) mass is 244 g/mol. The summed E-state index contributed by atoms with van der Waals surface area (Å²) in [5, 5.41) is 0. The van der Waals surface area contributed by atoms with Crippen molar-refractivity contribution < 1.29 is 9.53 Å². The Balaban J connectivity index is 2.18. The van der Waals surface area contributed by atoms with Crippen LogP contribution in [-0.2, 0) is 11.3 Å². The fourth-order valence-electron chi connectivity index (χ4n) is 1.84. The van der Waals surface area contributed by atoms with E-state index in [4.69, 9.17) is 4.74 Å². The molecule has 0 aliphatic heterocycles. The number of esters is 1. The number of pyridine rings is 1. The SMILES string of the molecule is CCOC(=O)c1ccn(Cc2cccnc2)c1C. The van der Waals surface area contributed by atoms with Gasteiger partial charge in [0, 0.05) is 30.8 Å². The average molecular weight is 244 g/mol. The lowest BCUT2D eigenvalue weighted by atomic mass is 10.2. The van der Waals surface area contributed by atoms with Crippen molar-refractivity contribution >= 4 is 5.97 Å². The molecule has 2 aromatic heterocycles. The molecule has 0 saturated carbocycles. The lowest BCUT2D eigenvalue weighted by Crippen LogP contribution is -2.07. The molecule has 18 heavy (non-hydrogen) atoms. The van der Waals surface area contributed by atoms with Crippen LogP contribution in [0.1, 0.15) is 28.5 Å². The van der Waals surface area contributed by atoms with Crippen LogP contribution in [0.4, 0.5) is 0 Å². The van der Waals surface area contributed by atoms with Crippen LogP contribution < -0.4 is 0 Å². The van der Waals surface area contributed by atoms with Crippen LogP contribution >= 0.6 is 0 Å². The van der Waals surface area contributed by atoms with Crippen molar-refractivity contribution in [1.29, 1.82) is 0 Å². The van der Waals surface area contributed by atoms with E-state index in [2.05, 4.69) is 4.98 Å². The Kier molecular flexibility index (Phi) is 3.77. The molecule has 0 saturated heterocycles. The Morgan fingerprint density at radius 2 is 2.28 bits per heavy atom. The quantitative estimate of drug-likeness (QED) is 0.776. The first kappa shape index (κ1) is 12.4. The van der Waals surface area contributed by atoms with Crippen molar-refractivity contribution in [2.24, 2.45) is 0 Å². The first-order valence-electron chi connectivity index (χ1n) is 5.94. The zero-order chi connectivity index (χ0) is 13.0. The number of carbonyl (C=O) groups is 1. The molecular weight excluding hydrogens is 228 g/mol. The van der Waals surface area contributed by atoms with Crippen molar-refractivity contribution in [3.63, 3.8) is 0 Å². The molecular formula is C14H16N2O2. The van der Waals surface area contributed by atoms with Crippen LogP contribution in [-0.4, -0.2) is 22.1 Å². The standard InChI is InChI=1S/C14H16N2O2/c1-3-18-14(17)13-6-8-16(11(13)2)10-12-5-4-7-15-9-12/h4-9H,3,10H2,1-2H3. The van der Waals surface area contributed by atoms with E-state index in [9.17, 15) is 4.79 Å². The molecule has 2 aromatic rings. The molecule has 2 heterocycles. The van der Waals surface area contributed by atoms with Gasteiger partial charge in [0.1, 0.15) is 0 Å². The average Bonchev–Trinajstić information content (AvgIpc) is 2.73. The first-order valence-corrected chi connectivity index (χ1v) is 5.94. The van der Waals surface area contributed by atoms with E-state index in [1.807, 2.05) is 36.0 Å². The van der Waals surface area contributed by atoms with Gasteiger partial charge in [-0.3, -0.25) is 4.98 Å². The van der Waals surface area contributed by atoms with Gasteiger partial charge in [0.05, 0.1) is 12.2 Å². The van der Waals surface area contributed by atoms with Gasteiger partial charge in [-0.05, 0) is 31.5 Å². The summed E-state index contributed by atoms with van der Waals surface area (Å²) < 4.78 is 7.02. The number of carbonyl (C=O) groups excluding carboxylic acids is 1. The van der Waals surface area contributed by atoms with E-state index in [1.54, 1.807) is 19.2 Å². The molecule has 0 N–H and O–H groups in total. The highest BCUT2D eigenvalue weighted by molar-refractivity contribution is 5.90. The highest BCUT2D eigenvalue weighted by atomic mass is 16.5. The third kappa shape index (κ3) is 2.59. The van der Waals surface area contributed by atoms with Crippen LogP contribution in [0.25, 0.3) is 0 Å². The van der Waals surface area contributed by atoms with Gasteiger partial charge in [-0.15, -0.1) is 0 Å². The normalized spacial score (nSPS) is 10.3. The van der Waals surface area contributed by atoms with Crippen molar-refractivity contribution in [1.82, 2.24) is 9.55 Å². The van der Waals surface area contributed by atoms with Crippen LogP contribution in [0.15, 0.2) is 36.8 Å². The van der Waals surface area contributed by atoms with E-state index in [0.717, 1.165) is 11.3 Å². The number of hydrogen-bond acceptors (Lipinski definition) is 3. The van der Waals surface area contributed by atoms with E-state index in [0.29, 0.717) is 18.7 Å². The summed E-state index contributed by atoms with van der Waals surface area (Å²) in [6.45, 7) is 4.83. The molecule has 0 atom stereocenters. The molecule has 2 rings (SSSR count). The van der Waals surface area contributed by atoms with Gasteiger partial charge in [0.2, 0.25) is 0 Å². The van der Waals surface area contributed by atoms with Crippen LogP contribution in [0, 0.1) is 6.92 Å². The maximum Gasteiger partial charge on any atom is 0.339 e. The molecule has 0 amide bonds. The highest BCUT2D eigenvalue weighted by Crippen LogP contribution is 2.13. The summed E-state index contributed by atoms with van der Waals surface area (Å²) in [4.78, 5) is 15.8. The Bertz CT molecular complexity index is 532. The molecule has 0 radical (unpaired) electrons. The van der Waals surface area contributed by atoms with E-state index in [-0.39, 0.29) is 5.97 Å². The van der Waals surface area contributed by atoms with Crippen molar-refractivity contribution in [2.75, 3.05) is 6.61 Å². The fraction of sp³-hybridized carbons (Fsp3) is 0.286.